The first-order chi connectivity index (χ1) is 10.1. The number of nitrogens with one attached hydrogen (secondary N) is 1. The summed E-state index contributed by atoms with van der Waals surface area (Å²) in [6.45, 7) is 0. The lowest BCUT2D eigenvalue weighted by molar-refractivity contribution is 0.0697. The second-order valence-corrected chi connectivity index (χ2v) is 5.45. The Bertz CT molecular complexity index is 717. The second-order valence-electron chi connectivity index (χ2n) is 5.04. The average Bonchev–Trinajstić information content (AvgIpc) is 2.85. The SMILES string of the molecule is O=C(O)c1cc(NC2CCc3c(F)cccc32)ccc1Cl. The van der Waals surface area contributed by atoms with E-state index in [-0.39, 0.29) is 22.4 Å². The van der Waals surface area contributed by atoms with Gasteiger partial charge in [-0.05, 0) is 48.2 Å². The Morgan fingerprint density at radius 1 is 1.33 bits per heavy atom. The summed E-state index contributed by atoms with van der Waals surface area (Å²) in [5.41, 5.74) is 2.39. The van der Waals surface area contributed by atoms with Crippen molar-refractivity contribution in [3.05, 3.63) is 63.9 Å². The monoisotopic (exact) mass is 305 g/mol. The van der Waals surface area contributed by atoms with Crippen molar-refractivity contribution in [1.29, 1.82) is 0 Å². The highest BCUT2D eigenvalue weighted by atomic mass is 35.5. The minimum atomic E-state index is -1.07. The number of rotatable bonds is 3. The van der Waals surface area contributed by atoms with Gasteiger partial charge in [0.25, 0.3) is 0 Å². The van der Waals surface area contributed by atoms with E-state index in [1.54, 1.807) is 18.2 Å². The molecule has 0 saturated carbocycles. The standard InChI is InChI=1S/C16H13ClFNO2/c17-13-6-4-9(8-12(13)16(20)21)19-15-7-5-10-11(15)2-1-3-14(10)18/h1-4,6,8,15,19H,5,7H2,(H,20,21). The van der Waals surface area contributed by atoms with Crippen molar-refractivity contribution >= 4 is 23.3 Å². The van der Waals surface area contributed by atoms with Gasteiger partial charge in [0.15, 0.2) is 0 Å². The lowest BCUT2D eigenvalue weighted by atomic mass is 10.1. The van der Waals surface area contributed by atoms with Gasteiger partial charge in [-0.3, -0.25) is 0 Å². The van der Waals surface area contributed by atoms with Crippen LogP contribution in [0.25, 0.3) is 0 Å². The van der Waals surface area contributed by atoms with Gasteiger partial charge in [0.1, 0.15) is 5.82 Å². The van der Waals surface area contributed by atoms with Gasteiger partial charge < -0.3 is 10.4 Å². The maximum Gasteiger partial charge on any atom is 0.337 e. The predicted octanol–water partition coefficient (Wildman–Crippen LogP) is 4.28. The zero-order chi connectivity index (χ0) is 15.0. The number of carbonyl (C=O) groups is 1. The number of hydrogen-bond acceptors (Lipinski definition) is 2. The minimum absolute atomic E-state index is 0.0153. The molecule has 1 unspecified atom stereocenters. The van der Waals surface area contributed by atoms with Gasteiger partial charge >= 0.3 is 5.97 Å². The van der Waals surface area contributed by atoms with Crippen LogP contribution in [0.1, 0.15) is 33.9 Å². The van der Waals surface area contributed by atoms with Crippen LogP contribution in [0, 0.1) is 5.82 Å². The molecule has 3 nitrogen and oxygen atoms in total. The largest absolute Gasteiger partial charge is 0.478 e. The molecular weight excluding hydrogens is 293 g/mol. The molecule has 2 aromatic rings. The third-order valence-electron chi connectivity index (χ3n) is 3.75. The van der Waals surface area contributed by atoms with Crippen molar-refractivity contribution in [2.45, 2.75) is 18.9 Å². The average molecular weight is 306 g/mol. The van der Waals surface area contributed by atoms with Gasteiger partial charge in [0.05, 0.1) is 16.6 Å². The van der Waals surface area contributed by atoms with E-state index in [0.29, 0.717) is 12.1 Å². The first-order valence-corrected chi connectivity index (χ1v) is 7.00. The number of fused-ring (bicyclic) bond motifs is 1. The fraction of sp³-hybridized carbons (Fsp3) is 0.188. The molecule has 0 aliphatic heterocycles. The van der Waals surface area contributed by atoms with Crippen LogP contribution < -0.4 is 5.32 Å². The van der Waals surface area contributed by atoms with Crippen molar-refractivity contribution in [1.82, 2.24) is 0 Å². The van der Waals surface area contributed by atoms with Gasteiger partial charge in [0.2, 0.25) is 0 Å². The molecule has 0 amide bonds. The Balaban J connectivity index is 1.88. The third-order valence-corrected chi connectivity index (χ3v) is 4.08. The molecule has 5 heteroatoms. The van der Waals surface area contributed by atoms with E-state index in [9.17, 15) is 9.18 Å². The Morgan fingerprint density at radius 3 is 2.90 bits per heavy atom. The smallest absolute Gasteiger partial charge is 0.337 e. The molecule has 1 aliphatic carbocycles. The van der Waals surface area contributed by atoms with Crippen LogP contribution in [0.4, 0.5) is 10.1 Å². The molecule has 3 rings (SSSR count). The minimum Gasteiger partial charge on any atom is -0.478 e. The lowest BCUT2D eigenvalue weighted by Crippen LogP contribution is -2.08. The molecule has 0 saturated heterocycles. The number of anilines is 1. The lowest BCUT2D eigenvalue weighted by Gasteiger charge is -2.16. The van der Waals surface area contributed by atoms with Crippen LogP contribution >= 0.6 is 11.6 Å². The summed E-state index contributed by atoms with van der Waals surface area (Å²) in [7, 11) is 0. The summed E-state index contributed by atoms with van der Waals surface area (Å²) in [4.78, 5) is 11.1. The normalized spacial score (nSPS) is 16.6. The molecule has 0 heterocycles. The first-order valence-electron chi connectivity index (χ1n) is 6.63. The van der Waals surface area contributed by atoms with Crippen molar-refractivity contribution in [3.8, 4) is 0 Å². The number of carboxylic acids is 1. The van der Waals surface area contributed by atoms with E-state index in [0.717, 1.165) is 17.5 Å². The van der Waals surface area contributed by atoms with E-state index >= 15 is 0 Å². The summed E-state index contributed by atoms with van der Waals surface area (Å²) in [5.74, 6) is -1.25. The Kier molecular flexibility index (Phi) is 3.55. The second kappa shape index (κ2) is 5.37. The number of halogens is 2. The number of hydrogen-bond donors (Lipinski definition) is 2. The summed E-state index contributed by atoms with van der Waals surface area (Å²) in [6, 6.07) is 9.82. The van der Waals surface area contributed by atoms with E-state index in [1.807, 2.05) is 6.07 Å². The molecule has 0 aromatic heterocycles. The molecule has 2 N–H and O–H groups in total. The molecule has 1 atom stereocenters. The topological polar surface area (TPSA) is 49.3 Å². The van der Waals surface area contributed by atoms with Crippen molar-refractivity contribution in [2.24, 2.45) is 0 Å². The molecule has 2 aromatic carbocycles. The third kappa shape index (κ3) is 2.59. The zero-order valence-electron chi connectivity index (χ0n) is 11.1. The molecule has 21 heavy (non-hydrogen) atoms. The summed E-state index contributed by atoms with van der Waals surface area (Å²) < 4.78 is 13.7. The van der Waals surface area contributed by atoms with Crippen molar-refractivity contribution in [2.75, 3.05) is 5.32 Å². The first kappa shape index (κ1) is 13.9. The van der Waals surface area contributed by atoms with Gasteiger partial charge in [-0.2, -0.15) is 0 Å². The zero-order valence-corrected chi connectivity index (χ0v) is 11.8. The van der Waals surface area contributed by atoms with E-state index in [1.165, 1.54) is 12.1 Å². The van der Waals surface area contributed by atoms with Gasteiger partial charge in [-0.25, -0.2) is 9.18 Å². The molecule has 0 fully saturated rings. The highest BCUT2D eigenvalue weighted by Crippen LogP contribution is 2.35. The quantitative estimate of drug-likeness (QED) is 0.890. The summed E-state index contributed by atoms with van der Waals surface area (Å²) in [5, 5.41) is 12.5. The maximum absolute atomic E-state index is 13.7. The van der Waals surface area contributed by atoms with E-state index in [2.05, 4.69) is 5.32 Å². The van der Waals surface area contributed by atoms with E-state index in [4.69, 9.17) is 16.7 Å². The number of carboxylic acid groups (broad SMARTS) is 1. The molecule has 1 aliphatic rings. The fourth-order valence-corrected chi connectivity index (χ4v) is 2.94. The van der Waals surface area contributed by atoms with Crippen LogP contribution in [0.15, 0.2) is 36.4 Å². The fourth-order valence-electron chi connectivity index (χ4n) is 2.74. The van der Waals surface area contributed by atoms with Gasteiger partial charge in [-0.1, -0.05) is 23.7 Å². The molecule has 0 spiro atoms. The van der Waals surface area contributed by atoms with Crippen LogP contribution in [0.3, 0.4) is 0 Å². The molecule has 0 radical (unpaired) electrons. The number of aromatic carboxylic acids is 1. The van der Waals surface area contributed by atoms with Gasteiger partial charge in [0, 0.05) is 5.69 Å². The number of benzene rings is 2. The maximum atomic E-state index is 13.7. The predicted molar refractivity (Wildman–Crippen MR) is 79.5 cm³/mol. The van der Waals surface area contributed by atoms with Crippen molar-refractivity contribution < 1.29 is 14.3 Å². The van der Waals surface area contributed by atoms with Crippen LogP contribution in [-0.2, 0) is 6.42 Å². The van der Waals surface area contributed by atoms with E-state index < -0.39 is 5.97 Å². The van der Waals surface area contributed by atoms with Crippen LogP contribution in [0.2, 0.25) is 5.02 Å². The van der Waals surface area contributed by atoms with Crippen molar-refractivity contribution in [3.63, 3.8) is 0 Å². The Labute approximate surface area is 126 Å². The summed E-state index contributed by atoms with van der Waals surface area (Å²) >= 11 is 5.85. The highest BCUT2D eigenvalue weighted by Gasteiger charge is 2.24. The van der Waals surface area contributed by atoms with Crippen LogP contribution in [-0.4, -0.2) is 11.1 Å². The molecule has 108 valence electrons. The molecule has 0 bridgehead atoms. The summed E-state index contributed by atoms with van der Waals surface area (Å²) in [6.07, 6.45) is 1.46. The van der Waals surface area contributed by atoms with Gasteiger partial charge in [-0.15, -0.1) is 0 Å². The Morgan fingerprint density at radius 2 is 2.14 bits per heavy atom. The van der Waals surface area contributed by atoms with Crippen LogP contribution in [0.5, 0.6) is 0 Å². The molecular formula is C16H13ClFNO2. The Hall–Kier alpha value is -2.07. The highest BCUT2D eigenvalue weighted by molar-refractivity contribution is 6.33.